The van der Waals surface area contributed by atoms with Crippen molar-refractivity contribution in [2.75, 3.05) is 29.1 Å². The molecule has 0 bridgehead atoms. The van der Waals surface area contributed by atoms with Crippen molar-refractivity contribution in [1.82, 2.24) is 0 Å². The number of rotatable bonds is 7. The minimum absolute atomic E-state index is 0.0222. The molecule has 0 radical (unpaired) electrons. The number of hydrogen-bond acceptors (Lipinski definition) is 4. The zero-order valence-corrected chi connectivity index (χ0v) is 14.1. The van der Waals surface area contributed by atoms with Gasteiger partial charge in [-0.25, -0.2) is 4.39 Å². The van der Waals surface area contributed by atoms with Gasteiger partial charge in [-0.3, -0.25) is 9.59 Å². The van der Waals surface area contributed by atoms with Crippen LogP contribution >= 0.6 is 0 Å². The second-order valence-corrected chi connectivity index (χ2v) is 5.21. The standard InChI is InChI=1S/C18H20FN3O3/c1-3-25-17-7-5-4-6-15(17)22-18(24)11-20-13-8-9-14(19)16(10-13)21-12(2)23/h4-10,20H,3,11H2,1-2H3,(H,21,23)(H,22,24). The van der Waals surface area contributed by atoms with E-state index >= 15 is 0 Å². The maximum atomic E-state index is 13.6. The van der Waals surface area contributed by atoms with Crippen LogP contribution in [0.4, 0.5) is 21.5 Å². The third-order valence-electron chi connectivity index (χ3n) is 3.19. The van der Waals surface area contributed by atoms with Crippen LogP contribution in [0.1, 0.15) is 13.8 Å². The molecule has 6 nitrogen and oxygen atoms in total. The van der Waals surface area contributed by atoms with E-state index < -0.39 is 5.82 Å². The van der Waals surface area contributed by atoms with E-state index in [1.165, 1.54) is 25.1 Å². The summed E-state index contributed by atoms with van der Waals surface area (Å²) in [5.41, 5.74) is 1.15. The van der Waals surface area contributed by atoms with Gasteiger partial charge >= 0.3 is 0 Å². The van der Waals surface area contributed by atoms with Crippen molar-refractivity contribution in [3.63, 3.8) is 0 Å². The third-order valence-corrected chi connectivity index (χ3v) is 3.19. The second kappa shape index (κ2) is 8.68. The van der Waals surface area contributed by atoms with Crippen LogP contribution in [0.15, 0.2) is 42.5 Å². The minimum Gasteiger partial charge on any atom is -0.492 e. The van der Waals surface area contributed by atoms with Gasteiger partial charge in [-0.1, -0.05) is 12.1 Å². The van der Waals surface area contributed by atoms with Crippen molar-refractivity contribution in [1.29, 1.82) is 0 Å². The summed E-state index contributed by atoms with van der Waals surface area (Å²) >= 11 is 0. The van der Waals surface area contributed by atoms with Crippen LogP contribution in [0.5, 0.6) is 5.75 Å². The molecule has 0 atom stereocenters. The fourth-order valence-corrected chi connectivity index (χ4v) is 2.15. The van der Waals surface area contributed by atoms with E-state index in [0.717, 1.165) is 0 Å². The Hall–Kier alpha value is -3.09. The molecule has 0 aliphatic rings. The summed E-state index contributed by atoms with van der Waals surface area (Å²) in [4.78, 5) is 23.2. The van der Waals surface area contributed by atoms with Gasteiger partial charge in [0.25, 0.3) is 0 Å². The summed E-state index contributed by atoms with van der Waals surface area (Å²) < 4.78 is 19.0. The number of anilines is 3. The Morgan fingerprint density at radius 3 is 2.56 bits per heavy atom. The lowest BCUT2D eigenvalue weighted by molar-refractivity contribution is -0.115. The average molecular weight is 345 g/mol. The fraction of sp³-hybridized carbons (Fsp3) is 0.222. The molecule has 0 unspecified atom stereocenters. The van der Waals surface area contributed by atoms with Crippen molar-refractivity contribution >= 4 is 28.9 Å². The van der Waals surface area contributed by atoms with Crippen molar-refractivity contribution in [2.24, 2.45) is 0 Å². The minimum atomic E-state index is -0.546. The number of hydrogen-bond donors (Lipinski definition) is 3. The fourth-order valence-electron chi connectivity index (χ4n) is 2.15. The van der Waals surface area contributed by atoms with Crippen LogP contribution in [0.2, 0.25) is 0 Å². The molecule has 0 heterocycles. The number of nitrogens with one attached hydrogen (secondary N) is 3. The van der Waals surface area contributed by atoms with Gasteiger partial charge in [-0.2, -0.15) is 0 Å². The molecular weight excluding hydrogens is 325 g/mol. The Kier molecular flexibility index (Phi) is 6.33. The summed E-state index contributed by atoms with van der Waals surface area (Å²) in [6, 6.07) is 11.3. The maximum Gasteiger partial charge on any atom is 0.243 e. The Labute approximate surface area is 145 Å². The van der Waals surface area contributed by atoms with E-state index in [4.69, 9.17) is 4.74 Å². The van der Waals surface area contributed by atoms with E-state index in [1.807, 2.05) is 13.0 Å². The van der Waals surface area contributed by atoms with Gasteiger partial charge in [0, 0.05) is 12.6 Å². The number of amides is 2. The summed E-state index contributed by atoms with van der Waals surface area (Å²) in [6.45, 7) is 3.63. The lowest BCUT2D eigenvalue weighted by atomic mass is 10.2. The first-order valence-electron chi connectivity index (χ1n) is 7.82. The van der Waals surface area contributed by atoms with Crippen LogP contribution in [0.3, 0.4) is 0 Å². The molecule has 0 aromatic heterocycles. The highest BCUT2D eigenvalue weighted by Gasteiger charge is 2.09. The topological polar surface area (TPSA) is 79.5 Å². The summed E-state index contributed by atoms with van der Waals surface area (Å²) in [6.07, 6.45) is 0. The quantitative estimate of drug-likeness (QED) is 0.720. The highest BCUT2D eigenvalue weighted by atomic mass is 19.1. The molecule has 2 amide bonds. The zero-order chi connectivity index (χ0) is 18.2. The van der Waals surface area contributed by atoms with Crippen LogP contribution < -0.4 is 20.7 Å². The number of benzene rings is 2. The van der Waals surface area contributed by atoms with Crippen LogP contribution in [0.25, 0.3) is 0 Å². The van der Waals surface area contributed by atoms with Gasteiger partial charge in [0.1, 0.15) is 11.6 Å². The molecule has 0 spiro atoms. The van der Waals surface area contributed by atoms with Gasteiger partial charge in [0.05, 0.1) is 24.5 Å². The molecule has 132 valence electrons. The van der Waals surface area contributed by atoms with Gasteiger partial charge in [-0.15, -0.1) is 0 Å². The van der Waals surface area contributed by atoms with Crippen molar-refractivity contribution in [3.8, 4) is 5.75 Å². The molecule has 0 aliphatic carbocycles. The lowest BCUT2D eigenvalue weighted by Crippen LogP contribution is -2.22. The van der Waals surface area contributed by atoms with E-state index in [2.05, 4.69) is 16.0 Å². The van der Waals surface area contributed by atoms with Crippen molar-refractivity contribution in [3.05, 3.63) is 48.3 Å². The molecule has 7 heteroatoms. The van der Waals surface area contributed by atoms with Gasteiger partial charge in [0.15, 0.2) is 0 Å². The first-order chi connectivity index (χ1) is 12.0. The second-order valence-electron chi connectivity index (χ2n) is 5.21. The molecule has 3 N–H and O–H groups in total. The summed E-state index contributed by atoms with van der Waals surface area (Å²) in [5.74, 6) is -0.609. The van der Waals surface area contributed by atoms with Gasteiger partial charge in [0.2, 0.25) is 11.8 Å². The average Bonchev–Trinajstić information content (AvgIpc) is 2.57. The Morgan fingerprint density at radius 2 is 1.84 bits per heavy atom. The van der Waals surface area contributed by atoms with Gasteiger partial charge < -0.3 is 20.7 Å². The largest absolute Gasteiger partial charge is 0.492 e. The smallest absolute Gasteiger partial charge is 0.243 e. The van der Waals surface area contributed by atoms with Crippen LogP contribution in [-0.2, 0) is 9.59 Å². The highest BCUT2D eigenvalue weighted by molar-refractivity contribution is 5.95. The molecule has 0 saturated carbocycles. The molecule has 0 aliphatic heterocycles. The number of para-hydroxylation sites is 2. The molecule has 25 heavy (non-hydrogen) atoms. The third kappa shape index (κ3) is 5.49. The number of ether oxygens (including phenoxy) is 1. The highest BCUT2D eigenvalue weighted by Crippen LogP contribution is 2.23. The number of carbonyl (C=O) groups excluding carboxylic acids is 2. The predicted octanol–water partition coefficient (Wildman–Crippen LogP) is 3.23. The van der Waals surface area contributed by atoms with Crippen molar-refractivity contribution in [2.45, 2.75) is 13.8 Å². The van der Waals surface area contributed by atoms with E-state index in [-0.39, 0.29) is 24.0 Å². The van der Waals surface area contributed by atoms with Gasteiger partial charge in [-0.05, 0) is 37.3 Å². The molecule has 0 fully saturated rings. The molecule has 0 saturated heterocycles. The number of halogens is 1. The normalized spacial score (nSPS) is 10.0. The first kappa shape index (κ1) is 18.3. The zero-order valence-electron chi connectivity index (χ0n) is 14.1. The first-order valence-corrected chi connectivity index (χ1v) is 7.82. The van der Waals surface area contributed by atoms with E-state index in [0.29, 0.717) is 23.7 Å². The Bertz CT molecular complexity index is 765. The van der Waals surface area contributed by atoms with Crippen LogP contribution in [0, 0.1) is 5.82 Å². The molecule has 2 aromatic carbocycles. The summed E-state index contributed by atoms with van der Waals surface area (Å²) in [5, 5.41) is 8.03. The predicted molar refractivity (Wildman–Crippen MR) is 95.4 cm³/mol. The maximum absolute atomic E-state index is 13.6. The molecular formula is C18H20FN3O3. The molecule has 2 aromatic rings. The van der Waals surface area contributed by atoms with E-state index in [9.17, 15) is 14.0 Å². The van der Waals surface area contributed by atoms with Crippen molar-refractivity contribution < 1.29 is 18.7 Å². The Morgan fingerprint density at radius 1 is 1.08 bits per heavy atom. The Balaban J connectivity index is 1.97. The number of carbonyl (C=O) groups is 2. The molecule has 2 rings (SSSR count). The lowest BCUT2D eigenvalue weighted by Gasteiger charge is -2.12. The SMILES string of the molecule is CCOc1ccccc1NC(=O)CNc1ccc(F)c(NC(C)=O)c1. The van der Waals surface area contributed by atoms with Crippen LogP contribution in [-0.4, -0.2) is 25.0 Å². The summed E-state index contributed by atoms with van der Waals surface area (Å²) in [7, 11) is 0. The van der Waals surface area contributed by atoms with E-state index in [1.54, 1.807) is 18.2 Å². The monoisotopic (exact) mass is 345 g/mol.